The van der Waals surface area contributed by atoms with Crippen LogP contribution in [0, 0.1) is 0 Å². The summed E-state index contributed by atoms with van der Waals surface area (Å²) in [5, 5.41) is 8.76. The molecule has 0 aliphatic rings. The maximum Gasteiger partial charge on any atom is 0.323 e. The van der Waals surface area contributed by atoms with Crippen molar-refractivity contribution < 1.29 is 9.90 Å². The van der Waals surface area contributed by atoms with E-state index in [1.165, 1.54) is 5.56 Å². The van der Waals surface area contributed by atoms with Gasteiger partial charge in [0.15, 0.2) is 0 Å². The Kier molecular flexibility index (Phi) is 4.12. The van der Waals surface area contributed by atoms with Crippen LogP contribution >= 0.6 is 0 Å². The molecule has 4 nitrogen and oxygen atoms in total. The van der Waals surface area contributed by atoms with Gasteiger partial charge in [-0.3, -0.25) is 4.79 Å². The van der Waals surface area contributed by atoms with Gasteiger partial charge in [0.2, 0.25) is 0 Å². The summed E-state index contributed by atoms with van der Waals surface area (Å²) in [4.78, 5) is 14.9. The second-order valence-corrected chi connectivity index (χ2v) is 4.20. The number of hydrogen-bond donors (Lipinski definition) is 1. The minimum absolute atomic E-state index is 0.0132. The fraction of sp³-hybridized carbons (Fsp3) is 0.286. The molecule has 0 unspecified atom stereocenters. The largest absolute Gasteiger partial charge is 0.480 e. The summed E-state index contributed by atoms with van der Waals surface area (Å²) in [5.74, 6) is 0.00522. The van der Waals surface area contributed by atoms with E-state index in [2.05, 4.69) is 17.1 Å². The van der Waals surface area contributed by atoms with Crippen LogP contribution < -0.4 is 0 Å². The number of hydrogen-bond acceptors (Lipinski definition) is 2. The number of aryl methyl sites for hydroxylation is 2. The summed E-state index contributed by atoms with van der Waals surface area (Å²) in [6.07, 6.45) is 6.13. The lowest BCUT2D eigenvalue weighted by atomic mass is 10.1. The minimum Gasteiger partial charge on any atom is -0.480 e. The molecule has 2 aromatic rings. The lowest BCUT2D eigenvalue weighted by molar-refractivity contribution is -0.137. The fourth-order valence-corrected chi connectivity index (χ4v) is 1.95. The molecule has 0 atom stereocenters. The normalized spacial score (nSPS) is 10.4. The molecule has 1 aromatic heterocycles. The Balaban J connectivity index is 1.87. The van der Waals surface area contributed by atoms with E-state index in [1.807, 2.05) is 18.2 Å². The van der Waals surface area contributed by atoms with Gasteiger partial charge in [0, 0.05) is 18.8 Å². The van der Waals surface area contributed by atoms with Crippen molar-refractivity contribution in [3.8, 4) is 0 Å². The van der Waals surface area contributed by atoms with E-state index < -0.39 is 5.97 Å². The molecule has 1 aromatic carbocycles. The van der Waals surface area contributed by atoms with Crippen molar-refractivity contribution in [2.45, 2.75) is 25.8 Å². The fourth-order valence-electron chi connectivity index (χ4n) is 1.95. The highest BCUT2D eigenvalue weighted by molar-refractivity contribution is 5.66. The predicted octanol–water partition coefficient (Wildman–Crippen LogP) is 2.14. The molecule has 0 spiro atoms. The summed E-state index contributed by atoms with van der Waals surface area (Å²) in [6.45, 7) is -0.0132. The Bertz CT molecular complexity index is 506. The third-order valence-electron chi connectivity index (χ3n) is 2.82. The summed E-state index contributed by atoms with van der Waals surface area (Å²) >= 11 is 0. The topological polar surface area (TPSA) is 55.1 Å². The first kappa shape index (κ1) is 12.4. The molecule has 0 aliphatic carbocycles. The number of aliphatic carboxylic acids is 1. The second-order valence-electron chi connectivity index (χ2n) is 4.20. The first-order valence-electron chi connectivity index (χ1n) is 6.01. The molecule has 1 heterocycles. The van der Waals surface area contributed by atoms with Crippen molar-refractivity contribution in [3.05, 3.63) is 54.1 Å². The Labute approximate surface area is 106 Å². The van der Waals surface area contributed by atoms with Crippen LogP contribution in [0.2, 0.25) is 0 Å². The predicted molar refractivity (Wildman–Crippen MR) is 68.3 cm³/mol. The third kappa shape index (κ3) is 3.45. The molecule has 0 amide bonds. The molecular weight excluding hydrogens is 228 g/mol. The maximum absolute atomic E-state index is 10.7. The first-order valence-corrected chi connectivity index (χ1v) is 6.01. The van der Waals surface area contributed by atoms with Gasteiger partial charge >= 0.3 is 5.97 Å². The van der Waals surface area contributed by atoms with Crippen LogP contribution in [-0.4, -0.2) is 20.6 Å². The smallest absolute Gasteiger partial charge is 0.323 e. The third-order valence-corrected chi connectivity index (χ3v) is 2.82. The number of rotatable bonds is 6. The highest BCUT2D eigenvalue weighted by atomic mass is 16.4. The molecule has 18 heavy (non-hydrogen) atoms. The van der Waals surface area contributed by atoms with Gasteiger partial charge in [-0.05, 0) is 18.4 Å². The Morgan fingerprint density at radius 3 is 2.72 bits per heavy atom. The van der Waals surface area contributed by atoms with Gasteiger partial charge in [0.05, 0.1) is 0 Å². The minimum atomic E-state index is -0.836. The molecule has 0 bridgehead atoms. The van der Waals surface area contributed by atoms with Gasteiger partial charge < -0.3 is 9.67 Å². The molecule has 0 saturated carbocycles. The highest BCUT2D eigenvalue weighted by Crippen LogP contribution is 2.07. The average molecular weight is 244 g/mol. The van der Waals surface area contributed by atoms with Crippen molar-refractivity contribution in [3.63, 3.8) is 0 Å². The number of carboxylic acids is 1. The van der Waals surface area contributed by atoms with Crippen molar-refractivity contribution in [1.82, 2.24) is 9.55 Å². The van der Waals surface area contributed by atoms with Crippen molar-refractivity contribution >= 4 is 5.97 Å². The molecule has 94 valence electrons. The lowest BCUT2D eigenvalue weighted by Gasteiger charge is -2.05. The van der Waals surface area contributed by atoms with Crippen LogP contribution in [0.25, 0.3) is 0 Å². The number of carboxylic acid groups (broad SMARTS) is 1. The second kappa shape index (κ2) is 6.00. The van der Waals surface area contributed by atoms with Crippen molar-refractivity contribution in [2.75, 3.05) is 0 Å². The van der Waals surface area contributed by atoms with E-state index in [0.717, 1.165) is 25.1 Å². The van der Waals surface area contributed by atoms with Crippen LogP contribution in [0.5, 0.6) is 0 Å². The van der Waals surface area contributed by atoms with E-state index in [-0.39, 0.29) is 6.54 Å². The van der Waals surface area contributed by atoms with Gasteiger partial charge in [0.25, 0.3) is 0 Å². The summed E-state index contributed by atoms with van der Waals surface area (Å²) in [7, 11) is 0. The Morgan fingerprint density at radius 1 is 1.22 bits per heavy atom. The van der Waals surface area contributed by atoms with E-state index in [4.69, 9.17) is 5.11 Å². The molecule has 1 N–H and O–H groups in total. The van der Waals surface area contributed by atoms with Crippen LogP contribution in [-0.2, 0) is 24.2 Å². The van der Waals surface area contributed by atoms with E-state index in [1.54, 1.807) is 17.0 Å². The molecule has 0 saturated heterocycles. The molecule has 2 rings (SSSR count). The molecular formula is C14H16N2O2. The number of benzene rings is 1. The zero-order chi connectivity index (χ0) is 12.8. The van der Waals surface area contributed by atoms with Crippen molar-refractivity contribution in [2.24, 2.45) is 0 Å². The molecule has 4 heteroatoms. The van der Waals surface area contributed by atoms with Crippen LogP contribution in [0.15, 0.2) is 42.7 Å². The van der Waals surface area contributed by atoms with Gasteiger partial charge in [-0.1, -0.05) is 30.3 Å². The summed E-state index contributed by atoms with van der Waals surface area (Å²) in [5.41, 5.74) is 1.30. The Morgan fingerprint density at radius 2 is 2.00 bits per heavy atom. The number of aromatic nitrogens is 2. The zero-order valence-corrected chi connectivity index (χ0v) is 10.1. The standard InChI is InChI=1S/C14H16N2O2/c17-14(18)11-16-10-9-15-13(16)8-4-7-12-5-2-1-3-6-12/h1-3,5-6,9-10H,4,7-8,11H2,(H,17,18). The van der Waals surface area contributed by atoms with Gasteiger partial charge in [-0.25, -0.2) is 4.98 Å². The Hall–Kier alpha value is -2.10. The summed E-state index contributed by atoms with van der Waals surface area (Å²) in [6, 6.07) is 10.3. The van der Waals surface area contributed by atoms with Crippen LogP contribution in [0.1, 0.15) is 17.8 Å². The van der Waals surface area contributed by atoms with E-state index in [9.17, 15) is 4.79 Å². The quantitative estimate of drug-likeness (QED) is 0.847. The van der Waals surface area contributed by atoms with Gasteiger partial charge in [0.1, 0.15) is 12.4 Å². The lowest BCUT2D eigenvalue weighted by Crippen LogP contribution is -2.11. The van der Waals surface area contributed by atoms with Gasteiger partial charge in [-0.2, -0.15) is 0 Å². The first-order chi connectivity index (χ1) is 8.75. The molecule has 0 fully saturated rings. The number of imidazole rings is 1. The van der Waals surface area contributed by atoms with Crippen molar-refractivity contribution in [1.29, 1.82) is 0 Å². The van der Waals surface area contributed by atoms with E-state index >= 15 is 0 Å². The molecule has 0 radical (unpaired) electrons. The van der Waals surface area contributed by atoms with Crippen LogP contribution in [0.3, 0.4) is 0 Å². The number of carbonyl (C=O) groups is 1. The van der Waals surface area contributed by atoms with Crippen LogP contribution in [0.4, 0.5) is 0 Å². The maximum atomic E-state index is 10.7. The highest BCUT2D eigenvalue weighted by Gasteiger charge is 2.05. The van der Waals surface area contributed by atoms with Gasteiger partial charge in [-0.15, -0.1) is 0 Å². The number of nitrogens with zero attached hydrogens (tertiary/aromatic N) is 2. The molecule has 0 aliphatic heterocycles. The van der Waals surface area contributed by atoms with E-state index in [0.29, 0.717) is 0 Å². The SMILES string of the molecule is O=C(O)Cn1ccnc1CCCc1ccccc1. The zero-order valence-electron chi connectivity index (χ0n) is 10.1. The summed E-state index contributed by atoms with van der Waals surface area (Å²) < 4.78 is 1.69. The monoisotopic (exact) mass is 244 g/mol. The average Bonchev–Trinajstić information content (AvgIpc) is 2.77.